The number of aromatic nitrogens is 2. The molecule has 0 saturated heterocycles. The standard InChI is InChI=1S/C16H10BrN3O5S/c17-9-5-8(6-12(14(9)21)20(24)25)7-13(15(22)23)26-16-18-10-3-1-2-4-11(10)19-16/h1-7,21H,(H,18,19)(H,22,23)/b13-7-. The number of aromatic hydroxyl groups is 1. The molecule has 1 aromatic heterocycles. The zero-order valence-electron chi connectivity index (χ0n) is 12.8. The lowest BCUT2D eigenvalue weighted by Gasteiger charge is -2.03. The number of nitro groups is 1. The Hall–Kier alpha value is -2.85. The summed E-state index contributed by atoms with van der Waals surface area (Å²) < 4.78 is 0.0939. The third-order valence-electron chi connectivity index (χ3n) is 3.35. The van der Waals surface area contributed by atoms with E-state index >= 15 is 0 Å². The van der Waals surface area contributed by atoms with Gasteiger partial charge in [0.1, 0.15) is 4.91 Å². The van der Waals surface area contributed by atoms with Crippen LogP contribution in [-0.2, 0) is 4.79 Å². The highest BCUT2D eigenvalue weighted by Gasteiger charge is 2.19. The minimum absolute atomic E-state index is 0.0871. The molecule has 132 valence electrons. The number of imidazole rings is 1. The first kappa shape index (κ1) is 18.0. The van der Waals surface area contributed by atoms with E-state index in [2.05, 4.69) is 25.9 Å². The summed E-state index contributed by atoms with van der Waals surface area (Å²) in [6.45, 7) is 0. The van der Waals surface area contributed by atoms with Gasteiger partial charge in [-0.3, -0.25) is 10.1 Å². The average Bonchev–Trinajstić information content (AvgIpc) is 2.99. The molecule has 1 heterocycles. The molecule has 0 fully saturated rings. The third kappa shape index (κ3) is 3.70. The number of carboxylic acids is 1. The molecule has 0 aliphatic carbocycles. The third-order valence-corrected chi connectivity index (χ3v) is 4.85. The molecule has 0 spiro atoms. The lowest BCUT2D eigenvalue weighted by molar-refractivity contribution is -0.386. The zero-order valence-corrected chi connectivity index (χ0v) is 15.2. The van der Waals surface area contributed by atoms with Gasteiger partial charge in [-0.05, 0) is 57.5 Å². The number of nitro benzene ring substituents is 1. The molecule has 26 heavy (non-hydrogen) atoms. The maximum atomic E-state index is 11.6. The topological polar surface area (TPSA) is 129 Å². The molecule has 0 amide bonds. The van der Waals surface area contributed by atoms with Crippen LogP contribution in [-0.4, -0.2) is 31.1 Å². The number of hydrogen-bond acceptors (Lipinski definition) is 6. The maximum absolute atomic E-state index is 11.6. The summed E-state index contributed by atoms with van der Waals surface area (Å²) in [5.74, 6) is -1.73. The second-order valence-electron chi connectivity index (χ2n) is 5.10. The summed E-state index contributed by atoms with van der Waals surface area (Å²) in [5, 5.41) is 30.5. The molecule has 8 nitrogen and oxygen atoms in total. The Balaban J connectivity index is 2.00. The van der Waals surface area contributed by atoms with E-state index in [9.17, 15) is 25.1 Å². The highest BCUT2D eigenvalue weighted by molar-refractivity contribution is 9.10. The first-order valence-electron chi connectivity index (χ1n) is 7.09. The van der Waals surface area contributed by atoms with Crippen LogP contribution in [0.1, 0.15) is 5.56 Å². The van der Waals surface area contributed by atoms with Crippen LogP contribution in [0.3, 0.4) is 0 Å². The summed E-state index contributed by atoms with van der Waals surface area (Å²) >= 11 is 3.91. The number of benzene rings is 2. The van der Waals surface area contributed by atoms with Crippen molar-refractivity contribution in [1.82, 2.24) is 9.97 Å². The number of aliphatic carboxylic acids is 1. The Morgan fingerprint density at radius 2 is 2.08 bits per heavy atom. The molecule has 3 rings (SSSR count). The van der Waals surface area contributed by atoms with Crippen molar-refractivity contribution in [3.8, 4) is 5.75 Å². The molecule has 3 N–H and O–H groups in total. The minimum Gasteiger partial charge on any atom is -0.501 e. The van der Waals surface area contributed by atoms with Gasteiger partial charge in [-0.2, -0.15) is 0 Å². The number of thioether (sulfide) groups is 1. The van der Waals surface area contributed by atoms with Crippen molar-refractivity contribution in [3.63, 3.8) is 0 Å². The number of phenols is 1. The van der Waals surface area contributed by atoms with Crippen LogP contribution in [0, 0.1) is 10.1 Å². The molecule has 10 heteroatoms. The SMILES string of the molecule is O=C(O)/C(=C/c1cc(Br)c(O)c([N+](=O)[O-])c1)Sc1nc2ccccc2[nH]1. The first-order chi connectivity index (χ1) is 12.3. The number of phenolic OH excluding ortho intramolecular Hbond substituents is 1. The molecule has 0 aliphatic heterocycles. The van der Waals surface area contributed by atoms with Gasteiger partial charge in [-0.1, -0.05) is 12.1 Å². The van der Waals surface area contributed by atoms with Gasteiger partial charge in [-0.15, -0.1) is 0 Å². The van der Waals surface area contributed by atoms with Gasteiger partial charge in [0.05, 0.1) is 20.4 Å². The largest absolute Gasteiger partial charge is 0.501 e. The fourth-order valence-corrected chi connectivity index (χ4v) is 3.46. The summed E-state index contributed by atoms with van der Waals surface area (Å²) in [4.78, 5) is 29.0. The fraction of sp³-hybridized carbons (Fsp3) is 0. The van der Waals surface area contributed by atoms with Crippen LogP contribution < -0.4 is 0 Å². The molecule has 0 unspecified atom stereocenters. The predicted octanol–water partition coefficient (Wildman–Crippen LogP) is 4.16. The maximum Gasteiger partial charge on any atom is 0.342 e. The molecule has 0 bridgehead atoms. The molecule has 2 aromatic carbocycles. The van der Waals surface area contributed by atoms with E-state index in [-0.39, 0.29) is 14.9 Å². The highest BCUT2D eigenvalue weighted by atomic mass is 79.9. The highest BCUT2D eigenvalue weighted by Crippen LogP contribution is 2.36. The second kappa shape index (κ2) is 7.18. The van der Waals surface area contributed by atoms with E-state index in [4.69, 9.17) is 0 Å². The molecular weight excluding hydrogens is 426 g/mol. The number of nitrogens with zero attached hydrogens (tertiary/aromatic N) is 2. The van der Waals surface area contributed by atoms with Crippen molar-refractivity contribution in [2.45, 2.75) is 5.16 Å². The minimum atomic E-state index is -1.21. The Morgan fingerprint density at radius 3 is 2.73 bits per heavy atom. The number of H-pyrrole nitrogens is 1. The number of hydrogen-bond donors (Lipinski definition) is 3. The van der Waals surface area contributed by atoms with Crippen LogP contribution in [0.4, 0.5) is 5.69 Å². The Labute approximate surface area is 158 Å². The molecule has 0 radical (unpaired) electrons. The molecule has 0 saturated carbocycles. The van der Waals surface area contributed by atoms with Crippen molar-refractivity contribution in [2.24, 2.45) is 0 Å². The van der Waals surface area contributed by atoms with E-state index in [0.717, 1.165) is 23.3 Å². The molecular formula is C16H10BrN3O5S. The van der Waals surface area contributed by atoms with Gasteiger partial charge in [-0.25, -0.2) is 9.78 Å². The summed E-state index contributed by atoms with van der Waals surface area (Å²) in [6.07, 6.45) is 1.28. The molecule has 0 aliphatic rings. The van der Waals surface area contributed by atoms with Crippen LogP contribution in [0.15, 0.2) is 50.9 Å². The van der Waals surface area contributed by atoms with Crippen molar-refractivity contribution < 1.29 is 19.9 Å². The van der Waals surface area contributed by atoms with Crippen LogP contribution >= 0.6 is 27.7 Å². The number of nitrogens with one attached hydrogen (secondary N) is 1. The number of carboxylic acid groups (broad SMARTS) is 1. The number of para-hydroxylation sites is 2. The zero-order chi connectivity index (χ0) is 18.8. The monoisotopic (exact) mass is 435 g/mol. The van der Waals surface area contributed by atoms with E-state index in [1.165, 1.54) is 12.1 Å². The Morgan fingerprint density at radius 1 is 1.35 bits per heavy atom. The van der Waals surface area contributed by atoms with E-state index in [0.29, 0.717) is 10.7 Å². The number of fused-ring (bicyclic) bond motifs is 1. The lowest BCUT2D eigenvalue weighted by atomic mass is 10.1. The van der Waals surface area contributed by atoms with Gasteiger partial charge in [0.15, 0.2) is 5.16 Å². The van der Waals surface area contributed by atoms with E-state index < -0.39 is 22.3 Å². The van der Waals surface area contributed by atoms with Gasteiger partial charge < -0.3 is 15.2 Å². The van der Waals surface area contributed by atoms with Gasteiger partial charge >= 0.3 is 11.7 Å². The quantitative estimate of drug-likeness (QED) is 0.237. The number of aromatic amines is 1. The van der Waals surface area contributed by atoms with E-state index in [1.54, 1.807) is 6.07 Å². The van der Waals surface area contributed by atoms with Gasteiger partial charge in [0.25, 0.3) is 0 Å². The first-order valence-corrected chi connectivity index (χ1v) is 8.70. The fourth-order valence-electron chi connectivity index (χ4n) is 2.20. The lowest BCUT2D eigenvalue weighted by Crippen LogP contribution is -1.98. The van der Waals surface area contributed by atoms with Gasteiger partial charge in [0, 0.05) is 6.07 Å². The van der Waals surface area contributed by atoms with Crippen molar-refractivity contribution in [2.75, 3.05) is 0 Å². The van der Waals surface area contributed by atoms with Gasteiger partial charge in [0.2, 0.25) is 5.75 Å². The second-order valence-corrected chi connectivity index (χ2v) is 6.99. The Kier molecular flexibility index (Phi) is 4.96. The van der Waals surface area contributed by atoms with Crippen LogP contribution in [0.2, 0.25) is 0 Å². The summed E-state index contributed by atoms with van der Waals surface area (Å²) in [5.41, 5.74) is 1.19. The average molecular weight is 436 g/mol. The summed E-state index contributed by atoms with van der Waals surface area (Å²) in [6, 6.07) is 9.75. The van der Waals surface area contributed by atoms with Crippen molar-refractivity contribution in [1.29, 1.82) is 0 Å². The number of rotatable bonds is 5. The smallest absolute Gasteiger partial charge is 0.342 e. The molecule has 0 atom stereocenters. The van der Waals surface area contributed by atoms with Crippen LogP contribution in [0.5, 0.6) is 5.75 Å². The normalized spacial score (nSPS) is 11.7. The van der Waals surface area contributed by atoms with Crippen LogP contribution in [0.25, 0.3) is 17.1 Å². The number of carbonyl (C=O) groups is 1. The number of halogens is 1. The van der Waals surface area contributed by atoms with Crippen molar-refractivity contribution >= 4 is 56.5 Å². The predicted molar refractivity (Wildman–Crippen MR) is 100 cm³/mol. The molecule has 3 aromatic rings. The van der Waals surface area contributed by atoms with Crippen molar-refractivity contribution in [3.05, 3.63) is 61.5 Å². The summed E-state index contributed by atoms with van der Waals surface area (Å²) in [7, 11) is 0. The Bertz CT molecular complexity index is 1030. The van der Waals surface area contributed by atoms with E-state index in [1.807, 2.05) is 18.2 Å².